The van der Waals surface area contributed by atoms with Gasteiger partial charge in [-0.2, -0.15) is 0 Å². The number of ether oxygens (including phenoxy) is 1. The highest BCUT2D eigenvalue weighted by atomic mass is 16.5. The van der Waals surface area contributed by atoms with Gasteiger partial charge in [-0.1, -0.05) is 36.6 Å². The maximum atomic E-state index is 10.2. The second-order valence-electron chi connectivity index (χ2n) is 5.99. The molecule has 0 fully saturated rings. The maximum absolute atomic E-state index is 10.2. The van der Waals surface area contributed by atoms with Crippen LogP contribution in [0.25, 0.3) is 0 Å². The van der Waals surface area contributed by atoms with E-state index in [9.17, 15) is 5.11 Å². The Morgan fingerprint density at radius 1 is 1.36 bits per heavy atom. The van der Waals surface area contributed by atoms with Gasteiger partial charge in [0.05, 0.1) is 12.7 Å². The summed E-state index contributed by atoms with van der Waals surface area (Å²) in [6.45, 7) is 10.6. The standard InChI is InChI=1S/C19H29NO2/c1-6-10-22-14-19(21)13-20(17(5)7-2)12-18-11-15(3)8-9-16(18)4/h1,8-9,11,17,19,21H,7,10,12-14H2,2-5H3. The van der Waals surface area contributed by atoms with Gasteiger partial charge in [0.1, 0.15) is 6.61 Å². The molecule has 1 N–H and O–H groups in total. The number of rotatable bonds is 9. The Hall–Kier alpha value is -1.34. The number of aliphatic hydroxyl groups excluding tert-OH is 1. The molecule has 2 atom stereocenters. The van der Waals surface area contributed by atoms with Crippen LogP contribution in [-0.4, -0.2) is 41.9 Å². The Bertz CT molecular complexity index is 493. The molecule has 0 amide bonds. The summed E-state index contributed by atoms with van der Waals surface area (Å²) in [5, 5.41) is 10.2. The van der Waals surface area contributed by atoms with Gasteiger partial charge in [0.2, 0.25) is 0 Å². The number of nitrogens with zero attached hydrogens (tertiary/aromatic N) is 1. The zero-order chi connectivity index (χ0) is 16.5. The highest BCUT2D eigenvalue weighted by molar-refractivity contribution is 5.30. The van der Waals surface area contributed by atoms with Gasteiger partial charge in [0.25, 0.3) is 0 Å². The zero-order valence-electron chi connectivity index (χ0n) is 14.3. The molecule has 0 aliphatic rings. The van der Waals surface area contributed by atoms with Crippen LogP contribution in [0.5, 0.6) is 0 Å². The van der Waals surface area contributed by atoms with E-state index in [1.165, 1.54) is 16.7 Å². The molecule has 0 saturated heterocycles. The van der Waals surface area contributed by atoms with Crippen molar-refractivity contribution in [3.8, 4) is 12.3 Å². The largest absolute Gasteiger partial charge is 0.389 e. The number of hydrogen-bond acceptors (Lipinski definition) is 3. The van der Waals surface area contributed by atoms with Crippen molar-refractivity contribution in [3.05, 3.63) is 34.9 Å². The highest BCUT2D eigenvalue weighted by Gasteiger charge is 2.18. The summed E-state index contributed by atoms with van der Waals surface area (Å²) in [6, 6.07) is 6.93. The Morgan fingerprint density at radius 3 is 2.73 bits per heavy atom. The molecule has 2 unspecified atom stereocenters. The second kappa shape index (κ2) is 9.63. The summed E-state index contributed by atoms with van der Waals surface area (Å²) >= 11 is 0. The summed E-state index contributed by atoms with van der Waals surface area (Å²) < 4.78 is 5.24. The number of terminal acetylenes is 1. The van der Waals surface area contributed by atoms with E-state index in [4.69, 9.17) is 11.2 Å². The highest BCUT2D eigenvalue weighted by Crippen LogP contribution is 2.16. The van der Waals surface area contributed by atoms with Crippen molar-refractivity contribution >= 4 is 0 Å². The van der Waals surface area contributed by atoms with Crippen LogP contribution in [0.15, 0.2) is 18.2 Å². The maximum Gasteiger partial charge on any atom is 0.107 e. The van der Waals surface area contributed by atoms with Crippen LogP contribution in [0.1, 0.15) is 37.0 Å². The average molecular weight is 303 g/mol. The first-order chi connectivity index (χ1) is 10.5. The molecule has 0 spiro atoms. The van der Waals surface area contributed by atoms with Gasteiger partial charge in [-0.3, -0.25) is 4.90 Å². The molecular formula is C19H29NO2. The molecule has 3 heteroatoms. The lowest BCUT2D eigenvalue weighted by atomic mass is 10.0. The van der Waals surface area contributed by atoms with E-state index in [1.807, 2.05) is 0 Å². The molecule has 0 bridgehead atoms. The van der Waals surface area contributed by atoms with Crippen molar-refractivity contribution in [2.24, 2.45) is 0 Å². The van der Waals surface area contributed by atoms with Crippen LogP contribution in [0.2, 0.25) is 0 Å². The van der Waals surface area contributed by atoms with Crippen molar-refractivity contribution < 1.29 is 9.84 Å². The van der Waals surface area contributed by atoms with E-state index in [2.05, 4.69) is 56.7 Å². The molecule has 0 heterocycles. The first kappa shape index (κ1) is 18.7. The van der Waals surface area contributed by atoms with Crippen LogP contribution >= 0.6 is 0 Å². The van der Waals surface area contributed by atoms with Crippen molar-refractivity contribution in [1.29, 1.82) is 0 Å². The molecule has 3 nitrogen and oxygen atoms in total. The van der Waals surface area contributed by atoms with Crippen molar-refractivity contribution in [2.75, 3.05) is 19.8 Å². The molecule has 0 aliphatic heterocycles. The fourth-order valence-corrected chi connectivity index (χ4v) is 2.43. The van der Waals surface area contributed by atoms with E-state index in [1.54, 1.807) is 0 Å². The van der Waals surface area contributed by atoms with E-state index in [-0.39, 0.29) is 13.2 Å². The molecule has 122 valence electrons. The number of hydrogen-bond donors (Lipinski definition) is 1. The number of aryl methyl sites for hydroxylation is 2. The van der Waals surface area contributed by atoms with Crippen LogP contribution in [0.3, 0.4) is 0 Å². The Labute approximate surface area is 135 Å². The van der Waals surface area contributed by atoms with E-state index in [0.29, 0.717) is 12.6 Å². The summed E-state index contributed by atoms with van der Waals surface area (Å²) in [4.78, 5) is 2.31. The molecule has 1 rings (SSSR count). The summed E-state index contributed by atoms with van der Waals surface area (Å²) in [6.07, 6.45) is 5.68. The minimum Gasteiger partial charge on any atom is -0.389 e. The smallest absolute Gasteiger partial charge is 0.107 e. The normalized spacial score (nSPS) is 13.9. The van der Waals surface area contributed by atoms with Gasteiger partial charge >= 0.3 is 0 Å². The quantitative estimate of drug-likeness (QED) is 0.562. The van der Waals surface area contributed by atoms with E-state index in [0.717, 1.165) is 13.0 Å². The third kappa shape index (κ3) is 6.19. The first-order valence-corrected chi connectivity index (χ1v) is 7.97. The summed E-state index contributed by atoms with van der Waals surface area (Å²) in [5.41, 5.74) is 3.87. The molecule has 0 aliphatic carbocycles. The minimum atomic E-state index is -0.521. The lowest BCUT2D eigenvalue weighted by Crippen LogP contribution is -2.40. The fraction of sp³-hybridized carbons (Fsp3) is 0.579. The Kier molecular flexibility index (Phi) is 8.19. The molecule has 0 aromatic heterocycles. The van der Waals surface area contributed by atoms with Crippen LogP contribution in [-0.2, 0) is 11.3 Å². The van der Waals surface area contributed by atoms with E-state index >= 15 is 0 Å². The Balaban J connectivity index is 2.72. The summed E-state index contributed by atoms with van der Waals surface area (Å²) in [5.74, 6) is 2.42. The van der Waals surface area contributed by atoms with Gasteiger partial charge < -0.3 is 9.84 Å². The van der Waals surface area contributed by atoms with Crippen molar-refractivity contribution in [2.45, 2.75) is 52.8 Å². The van der Waals surface area contributed by atoms with Gasteiger partial charge in [-0.25, -0.2) is 0 Å². The van der Waals surface area contributed by atoms with E-state index < -0.39 is 6.10 Å². The monoisotopic (exact) mass is 303 g/mol. The lowest BCUT2D eigenvalue weighted by Gasteiger charge is -2.31. The molecule has 22 heavy (non-hydrogen) atoms. The number of benzene rings is 1. The van der Waals surface area contributed by atoms with Crippen molar-refractivity contribution in [3.63, 3.8) is 0 Å². The molecule has 0 saturated carbocycles. The van der Waals surface area contributed by atoms with Crippen molar-refractivity contribution in [1.82, 2.24) is 4.90 Å². The molecule has 1 aromatic rings. The summed E-state index contributed by atoms with van der Waals surface area (Å²) in [7, 11) is 0. The lowest BCUT2D eigenvalue weighted by molar-refractivity contribution is 0.0169. The third-order valence-corrected chi connectivity index (χ3v) is 4.03. The predicted octanol–water partition coefficient (Wildman–Crippen LogP) is 2.91. The van der Waals surface area contributed by atoms with Crippen LogP contribution < -0.4 is 0 Å². The number of aliphatic hydroxyl groups is 1. The zero-order valence-corrected chi connectivity index (χ0v) is 14.3. The van der Waals surface area contributed by atoms with Gasteiger partial charge in [-0.15, -0.1) is 6.42 Å². The topological polar surface area (TPSA) is 32.7 Å². The van der Waals surface area contributed by atoms with Gasteiger partial charge in [0, 0.05) is 19.1 Å². The Morgan fingerprint density at radius 2 is 2.09 bits per heavy atom. The van der Waals surface area contributed by atoms with Crippen LogP contribution in [0, 0.1) is 26.2 Å². The molecule has 1 aromatic carbocycles. The SMILES string of the molecule is C#CCOCC(O)CN(Cc1cc(C)ccc1C)C(C)CC. The van der Waals surface area contributed by atoms with Gasteiger partial charge in [-0.05, 0) is 38.3 Å². The first-order valence-electron chi connectivity index (χ1n) is 7.97. The predicted molar refractivity (Wildman–Crippen MR) is 91.7 cm³/mol. The average Bonchev–Trinajstić information content (AvgIpc) is 2.49. The van der Waals surface area contributed by atoms with Crippen LogP contribution in [0.4, 0.5) is 0 Å². The second-order valence-corrected chi connectivity index (χ2v) is 5.99. The fourth-order valence-electron chi connectivity index (χ4n) is 2.43. The minimum absolute atomic E-state index is 0.247. The van der Waals surface area contributed by atoms with Gasteiger partial charge in [0.15, 0.2) is 0 Å². The molecule has 0 radical (unpaired) electrons. The molecular weight excluding hydrogens is 274 g/mol. The third-order valence-electron chi connectivity index (χ3n) is 4.03.